The highest BCUT2D eigenvalue weighted by Gasteiger charge is 2.16. The Hall–Kier alpha value is -0.450. The lowest BCUT2D eigenvalue weighted by molar-refractivity contribution is 0.150. The van der Waals surface area contributed by atoms with E-state index in [2.05, 4.69) is 12.5 Å². The van der Waals surface area contributed by atoms with Gasteiger partial charge in [-0.15, -0.1) is 18.0 Å². The van der Waals surface area contributed by atoms with Gasteiger partial charge >= 0.3 is 0 Å². The second kappa shape index (κ2) is 3.55. The summed E-state index contributed by atoms with van der Waals surface area (Å²) < 4.78 is 0. The van der Waals surface area contributed by atoms with Crippen molar-refractivity contribution in [1.29, 1.82) is 0 Å². The van der Waals surface area contributed by atoms with E-state index in [1.165, 1.54) is 6.08 Å². The summed E-state index contributed by atoms with van der Waals surface area (Å²) >= 11 is 5.34. The van der Waals surface area contributed by atoms with Crippen molar-refractivity contribution in [2.75, 3.05) is 5.88 Å². The Morgan fingerprint density at radius 3 is 2.56 bits per heavy atom. The lowest BCUT2D eigenvalue weighted by Gasteiger charge is -2.14. The number of hydrogen-bond donors (Lipinski definition) is 1. The molecule has 0 aliphatic rings. The van der Waals surface area contributed by atoms with Crippen LogP contribution in [-0.4, -0.2) is 16.6 Å². The monoisotopic (exact) mass is 144 g/mol. The summed E-state index contributed by atoms with van der Waals surface area (Å²) in [5, 5.41) is 9.19. The molecule has 0 fully saturated rings. The van der Waals surface area contributed by atoms with Crippen molar-refractivity contribution in [1.82, 2.24) is 0 Å². The molecule has 1 nitrogen and oxygen atoms in total. The Labute approximate surface area is 60.3 Å². The maximum atomic E-state index is 9.19. The van der Waals surface area contributed by atoms with Gasteiger partial charge < -0.3 is 5.11 Å². The molecule has 0 amide bonds. The number of halogens is 1. The van der Waals surface area contributed by atoms with Crippen LogP contribution in [0.3, 0.4) is 0 Å². The topological polar surface area (TPSA) is 20.2 Å². The first-order valence-electron chi connectivity index (χ1n) is 2.58. The molecule has 0 rings (SSSR count). The molecule has 0 radical (unpaired) electrons. The van der Waals surface area contributed by atoms with E-state index in [0.717, 1.165) is 0 Å². The van der Waals surface area contributed by atoms with Gasteiger partial charge in [-0.1, -0.05) is 12.5 Å². The van der Waals surface area contributed by atoms with Crippen molar-refractivity contribution in [3.63, 3.8) is 0 Å². The summed E-state index contributed by atoms with van der Waals surface area (Å²) in [5.74, 6) is 2.52. The largest absolute Gasteiger partial charge is 0.374 e. The zero-order chi connectivity index (χ0) is 7.33. The third kappa shape index (κ3) is 2.55. The summed E-state index contributed by atoms with van der Waals surface area (Å²) in [6.07, 6.45) is 6.64. The molecule has 0 aromatic heterocycles. The summed E-state index contributed by atoms with van der Waals surface area (Å²) in [6, 6.07) is 0. The molecule has 1 unspecified atom stereocenters. The Morgan fingerprint density at radius 2 is 2.44 bits per heavy atom. The van der Waals surface area contributed by atoms with Crippen LogP contribution in [0.25, 0.3) is 0 Å². The first kappa shape index (κ1) is 8.55. The van der Waals surface area contributed by atoms with E-state index < -0.39 is 5.60 Å². The first-order valence-corrected chi connectivity index (χ1v) is 3.11. The standard InChI is InChI=1S/C7H9ClO/c1-3-7(9,4-2)5-6-8/h1,4,9H,2,5-6H2. The van der Waals surface area contributed by atoms with E-state index in [1.54, 1.807) is 0 Å². The zero-order valence-corrected chi connectivity index (χ0v) is 5.86. The second-order valence-corrected chi connectivity index (χ2v) is 2.09. The second-order valence-electron chi connectivity index (χ2n) is 1.71. The van der Waals surface area contributed by atoms with Crippen molar-refractivity contribution in [2.24, 2.45) is 0 Å². The van der Waals surface area contributed by atoms with Crippen LogP contribution in [0.5, 0.6) is 0 Å². The molecule has 0 aliphatic carbocycles. The molecule has 0 saturated carbocycles. The van der Waals surface area contributed by atoms with E-state index in [1.807, 2.05) is 0 Å². The molecule has 1 atom stereocenters. The summed E-state index contributed by atoms with van der Waals surface area (Å²) in [4.78, 5) is 0. The fourth-order valence-corrected chi connectivity index (χ4v) is 0.665. The van der Waals surface area contributed by atoms with E-state index >= 15 is 0 Å². The Balaban J connectivity index is 3.96. The fraction of sp³-hybridized carbons (Fsp3) is 0.429. The fourth-order valence-electron chi connectivity index (χ4n) is 0.377. The molecule has 50 valence electrons. The van der Waals surface area contributed by atoms with Crippen LogP contribution in [0.2, 0.25) is 0 Å². The van der Waals surface area contributed by atoms with Crippen molar-refractivity contribution >= 4 is 11.6 Å². The van der Waals surface area contributed by atoms with Gasteiger partial charge in [-0.25, -0.2) is 0 Å². The predicted octanol–water partition coefficient (Wildman–Crippen LogP) is 1.17. The molecular weight excluding hydrogens is 136 g/mol. The Bertz CT molecular complexity index is 136. The Kier molecular flexibility index (Phi) is 3.37. The number of terminal acetylenes is 1. The lowest BCUT2D eigenvalue weighted by Crippen LogP contribution is -2.23. The van der Waals surface area contributed by atoms with Crippen LogP contribution in [0.15, 0.2) is 12.7 Å². The van der Waals surface area contributed by atoms with Crippen LogP contribution in [0.1, 0.15) is 6.42 Å². The molecule has 0 spiro atoms. The predicted molar refractivity (Wildman–Crippen MR) is 39.3 cm³/mol. The van der Waals surface area contributed by atoms with Crippen LogP contribution in [0.4, 0.5) is 0 Å². The van der Waals surface area contributed by atoms with Gasteiger partial charge in [0.1, 0.15) is 5.60 Å². The Morgan fingerprint density at radius 1 is 1.89 bits per heavy atom. The maximum absolute atomic E-state index is 9.19. The molecule has 0 aliphatic heterocycles. The van der Waals surface area contributed by atoms with Gasteiger partial charge in [0.25, 0.3) is 0 Å². The molecule has 2 heteroatoms. The highest BCUT2D eigenvalue weighted by Crippen LogP contribution is 2.09. The SMILES string of the molecule is C#CC(O)(C=C)CCCl. The smallest absolute Gasteiger partial charge is 0.144 e. The summed E-state index contributed by atoms with van der Waals surface area (Å²) in [5.41, 5.74) is -1.21. The number of hydrogen-bond acceptors (Lipinski definition) is 1. The van der Waals surface area contributed by atoms with Crippen molar-refractivity contribution < 1.29 is 5.11 Å². The van der Waals surface area contributed by atoms with Gasteiger partial charge in [0, 0.05) is 12.3 Å². The number of aliphatic hydroxyl groups is 1. The van der Waals surface area contributed by atoms with E-state index in [-0.39, 0.29) is 0 Å². The average Bonchev–Trinajstić information content (AvgIpc) is 1.89. The van der Waals surface area contributed by atoms with Gasteiger partial charge in [0.2, 0.25) is 0 Å². The van der Waals surface area contributed by atoms with Crippen LogP contribution in [-0.2, 0) is 0 Å². The average molecular weight is 145 g/mol. The molecule has 0 aromatic carbocycles. The minimum Gasteiger partial charge on any atom is -0.374 e. The van der Waals surface area contributed by atoms with Crippen molar-refractivity contribution in [2.45, 2.75) is 12.0 Å². The van der Waals surface area contributed by atoms with Crippen LogP contribution in [0, 0.1) is 12.3 Å². The van der Waals surface area contributed by atoms with Gasteiger partial charge in [-0.05, 0) is 6.08 Å². The van der Waals surface area contributed by atoms with E-state index in [4.69, 9.17) is 18.0 Å². The normalized spacial score (nSPS) is 15.7. The van der Waals surface area contributed by atoms with E-state index in [0.29, 0.717) is 12.3 Å². The summed E-state index contributed by atoms with van der Waals surface area (Å²) in [7, 11) is 0. The van der Waals surface area contributed by atoms with Crippen molar-refractivity contribution in [3.05, 3.63) is 12.7 Å². The van der Waals surface area contributed by atoms with Crippen LogP contribution >= 0.6 is 11.6 Å². The molecule has 0 heterocycles. The third-order valence-corrected chi connectivity index (χ3v) is 1.25. The van der Waals surface area contributed by atoms with Gasteiger partial charge in [-0.2, -0.15) is 0 Å². The number of alkyl halides is 1. The van der Waals surface area contributed by atoms with Gasteiger partial charge in [0.05, 0.1) is 0 Å². The lowest BCUT2D eigenvalue weighted by atomic mass is 10.0. The molecule has 1 N–H and O–H groups in total. The summed E-state index contributed by atoms with van der Waals surface area (Å²) in [6.45, 7) is 3.37. The minimum absolute atomic E-state index is 0.340. The highest BCUT2D eigenvalue weighted by atomic mass is 35.5. The number of rotatable bonds is 3. The highest BCUT2D eigenvalue weighted by molar-refractivity contribution is 6.17. The molecular formula is C7H9ClO. The van der Waals surface area contributed by atoms with Crippen LogP contribution < -0.4 is 0 Å². The molecule has 9 heavy (non-hydrogen) atoms. The van der Waals surface area contributed by atoms with Gasteiger partial charge in [-0.3, -0.25) is 0 Å². The minimum atomic E-state index is -1.21. The molecule has 0 saturated heterocycles. The first-order chi connectivity index (χ1) is 4.18. The van der Waals surface area contributed by atoms with Crippen molar-refractivity contribution in [3.8, 4) is 12.3 Å². The quantitative estimate of drug-likeness (QED) is 0.358. The van der Waals surface area contributed by atoms with E-state index in [9.17, 15) is 5.11 Å². The zero-order valence-electron chi connectivity index (χ0n) is 5.10. The molecule has 0 aromatic rings. The third-order valence-electron chi connectivity index (χ3n) is 1.06. The molecule has 0 bridgehead atoms. The van der Waals surface area contributed by atoms with Gasteiger partial charge in [0.15, 0.2) is 0 Å². The maximum Gasteiger partial charge on any atom is 0.144 e.